The number of aryl methyl sites for hydroxylation is 1. The average molecular weight is 2270 g/mol. The Hall–Kier alpha value is -4.47. The monoisotopic (exact) mass is 2270 g/mol. The number of carboxylic acids is 9. The van der Waals surface area contributed by atoms with Crippen LogP contribution in [0, 0.1) is 120 Å². The zero-order valence-corrected chi connectivity index (χ0v) is 81.5. The molecule has 5 aromatic carbocycles. The molecule has 709 valence electrons. The molecule has 0 heterocycles. The summed E-state index contributed by atoms with van der Waals surface area (Å²) in [6, 6.07) is 39.3. The van der Waals surface area contributed by atoms with Crippen LogP contribution in [0.3, 0.4) is 0 Å². The number of phosphoric ester groups is 3. The number of rotatable bonds is 67. The van der Waals surface area contributed by atoms with Crippen LogP contribution in [0.1, 0.15) is 77.5 Å². The van der Waals surface area contributed by atoms with Gasteiger partial charge >= 0.3 is 120 Å². The summed E-state index contributed by atoms with van der Waals surface area (Å²) in [7, 11) is -14.0. The van der Waals surface area contributed by atoms with Crippen LogP contribution in [-0.2, 0) is 103 Å². The predicted octanol–water partition coefficient (Wildman–Crippen LogP) is -7.13. The molecule has 0 amide bonds. The zero-order valence-electron chi connectivity index (χ0n) is 72.0. The van der Waals surface area contributed by atoms with E-state index >= 15 is 0 Å². The van der Waals surface area contributed by atoms with Crippen LogP contribution in [-0.4, -0.2) is 313 Å². The van der Waals surface area contributed by atoms with E-state index in [9.17, 15) is 117 Å². The third kappa shape index (κ3) is 57.0. The van der Waals surface area contributed by atoms with Gasteiger partial charge in [0.2, 0.25) is 0 Å². The summed E-state index contributed by atoms with van der Waals surface area (Å²) in [6.07, 6.45) is 3.76. The molecule has 6 unspecified atom stereocenters. The molecule has 6 atom stereocenters. The fourth-order valence-corrected chi connectivity index (χ4v) is 15.6. The van der Waals surface area contributed by atoms with Crippen LogP contribution in [0.5, 0.6) is 0 Å². The SMILES string of the molecule is CCN(CC)C(COP(=O)([O-])OCCCCCc1ccccc1)CN(CCN(CC(=O)[O-])CC(=O)[O-])CC(=O)[O-].CCN(CC)C(COP(=O)([O-])OCCc1ccc(-c2ccccc2)cc1)CN(CCN(CC(=O)[O-])CC(=O)[O-])CC(=O)[O-].CCN(CC)C(COP(=O)([O-])OCCc1ccc2ccccc2c1)CN(CCN(CC(=O)[O-])CC(=O)[O-])CC(=O)[O-].[Gd+3].[Gd+3].[Gd+3]. The first kappa shape index (κ1) is 123. The van der Waals surface area contributed by atoms with Gasteiger partial charge < -0.3 is 131 Å². The Bertz CT molecular complexity index is 4110. The van der Waals surface area contributed by atoms with Crippen LogP contribution in [0.4, 0.5) is 0 Å². The van der Waals surface area contributed by atoms with Crippen molar-refractivity contribution in [3.63, 3.8) is 0 Å². The van der Waals surface area contributed by atoms with Crippen molar-refractivity contribution in [1.82, 2.24) is 44.1 Å². The van der Waals surface area contributed by atoms with E-state index in [0.29, 0.717) is 58.5 Å². The summed E-state index contributed by atoms with van der Waals surface area (Å²) in [5, 5.41) is 102. The molecule has 0 fully saturated rings. The van der Waals surface area contributed by atoms with E-state index in [4.69, 9.17) is 27.1 Å². The Kier molecular flexibility index (Phi) is 66.1. The van der Waals surface area contributed by atoms with Gasteiger partial charge in [-0.25, -0.2) is 0 Å². The van der Waals surface area contributed by atoms with E-state index in [2.05, 4.69) is 0 Å². The smallest absolute Gasteiger partial charge is 0.756 e. The van der Waals surface area contributed by atoms with Gasteiger partial charge in [0.25, 0.3) is 23.5 Å². The predicted molar refractivity (Wildman–Crippen MR) is 430 cm³/mol. The number of phosphoric acid groups is 3. The first-order valence-corrected chi connectivity index (χ1v) is 45.0. The van der Waals surface area contributed by atoms with E-state index < -0.39 is 154 Å². The van der Waals surface area contributed by atoms with E-state index in [1.165, 1.54) is 20.3 Å². The number of fused-ring (bicyclic) bond motifs is 1. The largest absolute Gasteiger partial charge is 3.00 e. The van der Waals surface area contributed by atoms with E-state index in [0.717, 1.165) is 67.0 Å². The normalized spacial score (nSPS) is 13.6. The van der Waals surface area contributed by atoms with Crippen LogP contribution in [0.25, 0.3) is 21.9 Å². The molecule has 0 aliphatic heterocycles. The van der Waals surface area contributed by atoms with Crippen LogP contribution in [0.2, 0.25) is 0 Å². The number of carboxylic acid groups (broad SMARTS) is 9. The number of hydrogen-bond donors (Lipinski definition) is 0. The fraction of sp³-hybridized carbons (Fsp3) is 0.549. The van der Waals surface area contributed by atoms with E-state index in [1.54, 1.807) is 0 Å². The number of carbonyl (C=O) groups is 9. The first-order valence-electron chi connectivity index (χ1n) is 40.6. The second-order valence-corrected chi connectivity index (χ2v) is 32.8. The van der Waals surface area contributed by atoms with Crippen LogP contribution < -0.4 is 60.6 Å². The van der Waals surface area contributed by atoms with Crippen molar-refractivity contribution in [1.29, 1.82) is 0 Å². The van der Waals surface area contributed by atoms with Gasteiger partial charge in [-0.15, -0.1) is 0 Å². The summed E-state index contributed by atoms with van der Waals surface area (Å²) in [4.78, 5) is 150. The van der Waals surface area contributed by atoms with E-state index in [1.807, 2.05) is 184 Å². The Balaban J connectivity index is 0.00000185. The molecule has 0 spiro atoms. The zero-order chi connectivity index (χ0) is 92.2. The van der Waals surface area contributed by atoms with Crippen molar-refractivity contribution in [2.24, 2.45) is 0 Å². The maximum absolute atomic E-state index is 12.6. The van der Waals surface area contributed by atoms with Crippen molar-refractivity contribution >= 4 is 88.0 Å². The number of carbonyl (C=O) groups excluding carboxylic acids is 9. The van der Waals surface area contributed by atoms with Gasteiger partial charge in [-0.2, -0.15) is 0 Å². The third-order valence-electron chi connectivity index (χ3n) is 19.4. The molecule has 127 heavy (non-hydrogen) atoms. The van der Waals surface area contributed by atoms with Gasteiger partial charge in [0.15, 0.2) is 0 Å². The molecule has 0 aromatic heterocycles. The summed E-state index contributed by atoms with van der Waals surface area (Å²) >= 11 is 0. The molecule has 0 aliphatic rings. The van der Waals surface area contributed by atoms with Crippen molar-refractivity contribution in [2.75, 3.05) is 197 Å². The summed E-state index contributed by atoms with van der Waals surface area (Å²) in [6.45, 7) is 6.58. The molecule has 0 N–H and O–H groups in total. The molecule has 3 radical (unpaired) electrons. The standard InChI is InChI=1S/C29H42N3O10P.C27H40N3O10P.C26H44N3O10P.3Gd/c1-3-32(4-2)26(18-30(19-27(33)34)15-16-31(20-28(35)36)21-29(37)38)22-42-43(39,40)41-17-14-23-10-12-25(13-11-23)24-8-6-5-7-9-24;1-3-30(4-2)24(16-28(17-25(31)32)12-13-29(18-26(33)34)19-27(35)36)20-40-41(37,38)39-14-11-21-9-10-22-7-5-6-8-23(22)15-21;1-3-29(4-2)23(17-27(18-24(30)31)14-15-28(19-25(32)33)20-26(34)35)21-39-40(36,37)38-16-10-6-9-13-22-11-7-5-8-12-22;;;/h5-13,26H,3-4,14-22H2,1-2H3,(H,33,34)(H,35,36)(H,37,38)(H,39,40);5-10,15,24H,3-4,11-14,16-20H2,1-2H3,(H,31,32)(H,33,34)(H,35,36)(H,37,38);5,7-8,11-12,23H,3-4,6,9-10,13-21H2,1-2H3,(H,30,31)(H,32,33)(H,34,35)(H,36,37);;;/q;;;3*+3/p-12. The number of nitrogens with zero attached hydrogens (tertiary/aromatic N) is 9. The maximum atomic E-state index is 12.6. The first-order chi connectivity index (χ1) is 58.8. The second-order valence-electron chi connectivity index (χ2n) is 28.6. The topological polar surface area (TPSA) is 566 Å². The Labute approximate surface area is 838 Å². The quantitative estimate of drug-likeness (QED) is 0.0258. The minimum Gasteiger partial charge on any atom is -0.756 e. The van der Waals surface area contributed by atoms with Gasteiger partial charge in [-0.05, 0) is 110 Å². The molecule has 0 saturated heterocycles. The Morgan fingerprint density at radius 3 is 0.890 bits per heavy atom. The number of aliphatic carboxylic acids is 9. The summed E-state index contributed by atoms with van der Waals surface area (Å²) in [5.41, 5.74) is 5.08. The summed E-state index contributed by atoms with van der Waals surface area (Å²) < 4.78 is 68.2. The van der Waals surface area contributed by atoms with Gasteiger partial charge in [0.05, 0.1) is 93.4 Å². The second kappa shape index (κ2) is 68.5. The van der Waals surface area contributed by atoms with Crippen LogP contribution >= 0.6 is 23.5 Å². The van der Waals surface area contributed by atoms with Crippen molar-refractivity contribution < 1.29 is 264 Å². The van der Waals surface area contributed by atoms with Gasteiger partial charge in [-0.3, -0.25) is 57.8 Å². The molecule has 0 bridgehead atoms. The molecule has 45 heteroatoms. The number of hydrogen-bond acceptors (Lipinski definition) is 39. The maximum Gasteiger partial charge on any atom is 3.00 e. The molecule has 0 aliphatic carbocycles. The van der Waals surface area contributed by atoms with Crippen molar-refractivity contribution in [3.05, 3.63) is 144 Å². The fourth-order valence-electron chi connectivity index (χ4n) is 13.3. The number of likely N-dealkylation sites (N-methyl/N-ethyl adjacent to an activating group) is 3. The van der Waals surface area contributed by atoms with Crippen molar-refractivity contribution in [2.45, 2.75) is 98.2 Å². The molecule has 5 rings (SSSR count). The number of unbranched alkanes of at least 4 members (excludes halogenated alkanes) is 2. The van der Waals surface area contributed by atoms with E-state index in [-0.39, 0.29) is 218 Å². The Morgan fingerprint density at radius 1 is 0.291 bits per heavy atom. The molecular weight excluding hydrogens is 2160 g/mol. The van der Waals surface area contributed by atoms with Gasteiger partial charge in [0.1, 0.15) is 0 Å². The number of benzene rings is 5. The molecular formula is C82H114Gd3N9O30P3-3. The van der Waals surface area contributed by atoms with Gasteiger partial charge in [-0.1, -0.05) is 175 Å². The molecule has 39 nitrogen and oxygen atoms in total. The van der Waals surface area contributed by atoms with Crippen molar-refractivity contribution in [3.8, 4) is 11.1 Å². The Morgan fingerprint density at radius 2 is 0.559 bits per heavy atom. The average Bonchev–Trinajstić information content (AvgIpc) is 0.838. The molecule has 5 aromatic rings. The minimum absolute atomic E-state index is 0. The third-order valence-corrected chi connectivity index (χ3v) is 22.3. The minimum atomic E-state index is -4.71. The molecule has 0 saturated carbocycles. The van der Waals surface area contributed by atoms with Gasteiger partial charge in [0, 0.05) is 136 Å². The summed E-state index contributed by atoms with van der Waals surface area (Å²) in [5.74, 6) is -13.2. The van der Waals surface area contributed by atoms with Crippen LogP contribution in [0.15, 0.2) is 127 Å².